The van der Waals surface area contributed by atoms with E-state index in [1.165, 1.54) is 0 Å². The third kappa shape index (κ3) is 2.59. The van der Waals surface area contributed by atoms with Crippen molar-refractivity contribution in [1.29, 1.82) is 0 Å². The van der Waals surface area contributed by atoms with E-state index in [2.05, 4.69) is 20.3 Å². The van der Waals surface area contributed by atoms with Crippen LogP contribution >= 0.6 is 0 Å². The fourth-order valence-corrected chi connectivity index (χ4v) is 3.71. The molecular formula is C18H21N5O2. The minimum Gasteiger partial charge on any atom is -0.336 e. The van der Waals surface area contributed by atoms with Crippen LogP contribution in [0.3, 0.4) is 0 Å². The second-order valence-corrected chi connectivity index (χ2v) is 6.74. The highest BCUT2D eigenvalue weighted by Gasteiger charge is 2.32. The molecule has 0 aromatic carbocycles. The molecule has 1 aliphatic rings. The lowest BCUT2D eigenvalue weighted by molar-refractivity contribution is 0.0607. The van der Waals surface area contributed by atoms with E-state index in [4.69, 9.17) is 4.52 Å². The molecule has 0 bridgehead atoms. The van der Waals surface area contributed by atoms with Crippen LogP contribution in [-0.2, 0) is 0 Å². The van der Waals surface area contributed by atoms with E-state index in [-0.39, 0.29) is 11.9 Å². The molecule has 1 atom stereocenters. The summed E-state index contributed by atoms with van der Waals surface area (Å²) in [7, 11) is 0. The molecule has 7 heteroatoms. The Morgan fingerprint density at radius 2 is 2.16 bits per heavy atom. The zero-order chi connectivity index (χ0) is 17.6. The maximum atomic E-state index is 13.4. The van der Waals surface area contributed by atoms with Crippen molar-refractivity contribution in [2.24, 2.45) is 0 Å². The van der Waals surface area contributed by atoms with Crippen molar-refractivity contribution < 1.29 is 9.32 Å². The van der Waals surface area contributed by atoms with E-state index in [9.17, 15) is 4.79 Å². The van der Waals surface area contributed by atoms with Gasteiger partial charge in [-0.3, -0.25) is 9.89 Å². The first kappa shape index (κ1) is 15.8. The largest absolute Gasteiger partial charge is 0.336 e. The lowest BCUT2D eigenvalue weighted by Gasteiger charge is -2.35. The van der Waals surface area contributed by atoms with Gasteiger partial charge in [0.2, 0.25) is 0 Å². The molecule has 0 saturated carbocycles. The SMILES string of the molecule is Cc1cc(C(=O)N2CCCCC2c2[nH]ncc2C)c2c(C)noc2n1. The van der Waals surface area contributed by atoms with E-state index in [0.29, 0.717) is 22.4 Å². The van der Waals surface area contributed by atoms with E-state index in [1.807, 2.05) is 37.9 Å². The number of aromatic nitrogens is 4. The highest BCUT2D eigenvalue weighted by molar-refractivity contribution is 6.06. The number of pyridine rings is 1. The molecule has 0 radical (unpaired) electrons. The number of nitrogens with one attached hydrogen (secondary N) is 1. The summed E-state index contributed by atoms with van der Waals surface area (Å²) in [4.78, 5) is 19.7. The Kier molecular flexibility index (Phi) is 3.78. The van der Waals surface area contributed by atoms with E-state index in [0.717, 1.165) is 42.8 Å². The van der Waals surface area contributed by atoms with Gasteiger partial charge in [-0.1, -0.05) is 5.16 Å². The van der Waals surface area contributed by atoms with Crippen LogP contribution in [0.4, 0.5) is 0 Å². The normalized spacial score (nSPS) is 18.0. The zero-order valence-corrected chi connectivity index (χ0v) is 14.7. The quantitative estimate of drug-likeness (QED) is 0.774. The van der Waals surface area contributed by atoms with Gasteiger partial charge in [-0.25, -0.2) is 4.98 Å². The maximum absolute atomic E-state index is 13.4. The Morgan fingerprint density at radius 3 is 2.92 bits per heavy atom. The number of carbonyl (C=O) groups excluding carboxylic acids is 1. The van der Waals surface area contributed by atoms with Crippen LogP contribution in [0, 0.1) is 20.8 Å². The molecule has 130 valence electrons. The van der Waals surface area contributed by atoms with Crippen molar-refractivity contribution in [3.8, 4) is 0 Å². The number of likely N-dealkylation sites (tertiary alicyclic amines) is 1. The number of H-pyrrole nitrogens is 1. The van der Waals surface area contributed by atoms with Crippen LogP contribution in [0.15, 0.2) is 16.8 Å². The summed E-state index contributed by atoms with van der Waals surface area (Å²) in [5.41, 5.74) is 4.59. The fraction of sp³-hybridized carbons (Fsp3) is 0.444. The van der Waals surface area contributed by atoms with Crippen LogP contribution in [0.2, 0.25) is 0 Å². The Bertz CT molecular complexity index is 942. The average molecular weight is 339 g/mol. The van der Waals surface area contributed by atoms with Gasteiger partial charge in [0.15, 0.2) is 0 Å². The van der Waals surface area contributed by atoms with Crippen molar-refractivity contribution in [1.82, 2.24) is 25.2 Å². The second kappa shape index (κ2) is 5.98. The Labute approximate surface area is 145 Å². The van der Waals surface area contributed by atoms with Gasteiger partial charge in [-0.05, 0) is 51.7 Å². The number of nitrogens with zero attached hydrogens (tertiary/aromatic N) is 4. The molecule has 1 saturated heterocycles. The van der Waals surface area contributed by atoms with Crippen molar-refractivity contribution in [3.63, 3.8) is 0 Å². The van der Waals surface area contributed by atoms with Crippen molar-refractivity contribution >= 4 is 17.0 Å². The summed E-state index contributed by atoms with van der Waals surface area (Å²) in [5.74, 6) is 0.000463. The molecule has 3 aromatic heterocycles. The number of carbonyl (C=O) groups is 1. The molecule has 1 amide bonds. The number of aromatic amines is 1. The fourth-order valence-electron chi connectivity index (χ4n) is 3.71. The van der Waals surface area contributed by atoms with Gasteiger partial charge in [0, 0.05) is 12.2 Å². The third-order valence-corrected chi connectivity index (χ3v) is 4.94. The molecule has 0 aliphatic carbocycles. The number of aryl methyl sites for hydroxylation is 3. The van der Waals surface area contributed by atoms with Gasteiger partial charge in [0.25, 0.3) is 11.6 Å². The van der Waals surface area contributed by atoms with Crippen LogP contribution in [0.25, 0.3) is 11.1 Å². The Hall–Kier alpha value is -2.70. The van der Waals surface area contributed by atoms with Gasteiger partial charge in [-0.2, -0.15) is 5.10 Å². The van der Waals surface area contributed by atoms with Crippen LogP contribution in [0.1, 0.15) is 58.3 Å². The lowest BCUT2D eigenvalue weighted by Crippen LogP contribution is -2.39. The number of fused-ring (bicyclic) bond motifs is 1. The number of amides is 1. The molecule has 3 aromatic rings. The Morgan fingerprint density at radius 1 is 1.32 bits per heavy atom. The van der Waals surface area contributed by atoms with Gasteiger partial charge in [-0.15, -0.1) is 0 Å². The van der Waals surface area contributed by atoms with Gasteiger partial charge in [0.05, 0.1) is 34.6 Å². The summed E-state index contributed by atoms with van der Waals surface area (Å²) in [5, 5.41) is 11.9. The van der Waals surface area contributed by atoms with Crippen molar-refractivity contribution in [2.45, 2.75) is 46.1 Å². The first-order valence-electron chi connectivity index (χ1n) is 8.60. The Balaban J connectivity index is 1.79. The second-order valence-electron chi connectivity index (χ2n) is 6.74. The highest BCUT2D eigenvalue weighted by atomic mass is 16.5. The van der Waals surface area contributed by atoms with Gasteiger partial charge < -0.3 is 9.42 Å². The van der Waals surface area contributed by atoms with Crippen LogP contribution in [-0.4, -0.2) is 37.7 Å². The molecule has 7 nitrogen and oxygen atoms in total. The standard InChI is InChI=1S/C18H21N5O2/c1-10-9-19-21-16(10)14-6-4-5-7-23(14)18(24)13-8-11(2)20-17-15(13)12(3)22-25-17/h8-9,14H,4-7H2,1-3H3,(H,19,21). The molecule has 1 aliphatic heterocycles. The molecule has 0 spiro atoms. The van der Waals surface area contributed by atoms with Gasteiger partial charge >= 0.3 is 0 Å². The molecule has 1 fully saturated rings. The van der Waals surface area contributed by atoms with Crippen molar-refractivity contribution in [2.75, 3.05) is 6.54 Å². The molecule has 4 heterocycles. The van der Waals surface area contributed by atoms with E-state index < -0.39 is 0 Å². The first-order chi connectivity index (χ1) is 12.1. The predicted molar refractivity (Wildman–Crippen MR) is 92.2 cm³/mol. The minimum absolute atomic E-state index is 0.000463. The summed E-state index contributed by atoms with van der Waals surface area (Å²) in [6.45, 7) is 6.46. The summed E-state index contributed by atoms with van der Waals surface area (Å²) in [6, 6.07) is 1.85. The number of hydrogen-bond donors (Lipinski definition) is 1. The highest BCUT2D eigenvalue weighted by Crippen LogP contribution is 2.34. The number of hydrogen-bond acceptors (Lipinski definition) is 5. The lowest BCUT2D eigenvalue weighted by atomic mass is 9.96. The maximum Gasteiger partial charge on any atom is 0.258 e. The van der Waals surface area contributed by atoms with Crippen LogP contribution in [0.5, 0.6) is 0 Å². The summed E-state index contributed by atoms with van der Waals surface area (Å²) in [6.07, 6.45) is 4.85. The molecule has 1 N–H and O–H groups in total. The zero-order valence-electron chi connectivity index (χ0n) is 14.7. The van der Waals surface area contributed by atoms with Gasteiger partial charge in [0.1, 0.15) is 0 Å². The molecule has 25 heavy (non-hydrogen) atoms. The smallest absolute Gasteiger partial charge is 0.258 e. The first-order valence-corrected chi connectivity index (χ1v) is 8.60. The predicted octanol–water partition coefficient (Wildman–Crippen LogP) is 3.24. The molecular weight excluding hydrogens is 318 g/mol. The van der Waals surface area contributed by atoms with E-state index >= 15 is 0 Å². The van der Waals surface area contributed by atoms with Crippen molar-refractivity contribution in [3.05, 3.63) is 40.5 Å². The third-order valence-electron chi connectivity index (χ3n) is 4.94. The average Bonchev–Trinajstić information content (AvgIpc) is 3.19. The summed E-state index contributed by atoms with van der Waals surface area (Å²) >= 11 is 0. The number of rotatable bonds is 2. The summed E-state index contributed by atoms with van der Waals surface area (Å²) < 4.78 is 5.28. The minimum atomic E-state index is 0.000463. The van der Waals surface area contributed by atoms with Crippen LogP contribution < -0.4 is 0 Å². The topological polar surface area (TPSA) is 87.9 Å². The number of piperidine rings is 1. The molecule has 1 unspecified atom stereocenters. The molecule has 4 rings (SSSR count). The van der Waals surface area contributed by atoms with E-state index in [1.54, 1.807) is 0 Å². The monoisotopic (exact) mass is 339 g/mol.